The SMILES string of the molecule is CC(C)(C)OC(=O)N1CCC[C@H](C(=O)NC2CCN(Cc3ccc(Cl)cc3)CC2)C1. The molecule has 2 amide bonds. The van der Waals surface area contributed by atoms with Crippen LogP contribution in [0.2, 0.25) is 5.02 Å². The zero-order valence-electron chi connectivity index (χ0n) is 18.3. The maximum Gasteiger partial charge on any atom is 0.410 e. The number of amides is 2. The fourth-order valence-electron chi connectivity index (χ4n) is 4.09. The largest absolute Gasteiger partial charge is 0.444 e. The minimum atomic E-state index is -0.522. The predicted octanol–water partition coefficient (Wildman–Crippen LogP) is 4.07. The molecule has 7 heteroatoms. The summed E-state index contributed by atoms with van der Waals surface area (Å²) in [5.74, 6) is -0.0854. The van der Waals surface area contributed by atoms with E-state index in [0.717, 1.165) is 50.3 Å². The maximum absolute atomic E-state index is 12.8. The van der Waals surface area contributed by atoms with Crippen molar-refractivity contribution in [2.45, 2.75) is 64.6 Å². The number of carbonyl (C=O) groups excluding carboxylic acids is 2. The van der Waals surface area contributed by atoms with Crippen molar-refractivity contribution >= 4 is 23.6 Å². The van der Waals surface area contributed by atoms with Crippen LogP contribution in [0, 0.1) is 5.92 Å². The summed E-state index contributed by atoms with van der Waals surface area (Å²) < 4.78 is 5.46. The molecular formula is C23H34ClN3O3. The van der Waals surface area contributed by atoms with Gasteiger partial charge in [0.2, 0.25) is 5.91 Å². The van der Waals surface area contributed by atoms with Crippen LogP contribution in [0.4, 0.5) is 4.79 Å². The van der Waals surface area contributed by atoms with Gasteiger partial charge in [-0.2, -0.15) is 0 Å². The highest BCUT2D eigenvalue weighted by Gasteiger charge is 2.32. The van der Waals surface area contributed by atoms with Crippen molar-refractivity contribution in [3.05, 3.63) is 34.9 Å². The first-order chi connectivity index (χ1) is 14.2. The smallest absolute Gasteiger partial charge is 0.410 e. The molecule has 1 aromatic rings. The molecule has 1 atom stereocenters. The van der Waals surface area contributed by atoms with Crippen LogP contribution in [0.1, 0.15) is 52.0 Å². The van der Waals surface area contributed by atoms with Crippen LogP contribution in [0.3, 0.4) is 0 Å². The van der Waals surface area contributed by atoms with Crippen LogP contribution >= 0.6 is 11.6 Å². The topological polar surface area (TPSA) is 61.9 Å². The molecule has 2 fully saturated rings. The molecule has 166 valence electrons. The molecule has 0 aromatic heterocycles. The van der Waals surface area contributed by atoms with Gasteiger partial charge in [0.25, 0.3) is 0 Å². The number of hydrogen-bond donors (Lipinski definition) is 1. The summed E-state index contributed by atoms with van der Waals surface area (Å²) in [6.45, 7) is 9.50. The summed E-state index contributed by atoms with van der Waals surface area (Å²) in [7, 11) is 0. The molecule has 1 aromatic carbocycles. The van der Waals surface area contributed by atoms with Gasteiger partial charge in [-0.15, -0.1) is 0 Å². The van der Waals surface area contributed by atoms with E-state index in [1.165, 1.54) is 5.56 Å². The lowest BCUT2D eigenvalue weighted by atomic mass is 9.96. The average molecular weight is 436 g/mol. The van der Waals surface area contributed by atoms with Crippen LogP contribution in [0.15, 0.2) is 24.3 Å². The Kier molecular flexibility index (Phi) is 7.64. The van der Waals surface area contributed by atoms with Gasteiger partial charge in [0.15, 0.2) is 0 Å². The van der Waals surface area contributed by atoms with E-state index in [1.54, 1.807) is 4.90 Å². The monoisotopic (exact) mass is 435 g/mol. The van der Waals surface area contributed by atoms with E-state index in [0.29, 0.717) is 13.1 Å². The molecule has 0 spiro atoms. The summed E-state index contributed by atoms with van der Waals surface area (Å²) in [5.41, 5.74) is 0.734. The summed E-state index contributed by atoms with van der Waals surface area (Å²) in [4.78, 5) is 29.2. The Hall–Kier alpha value is -1.79. The van der Waals surface area contributed by atoms with Gasteiger partial charge in [0.05, 0.1) is 5.92 Å². The Bertz CT molecular complexity index is 724. The van der Waals surface area contributed by atoms with Crippen molar-refractivity contribution in [3.8, 4) is 0 Å². The number of piperidine rings is 2. The zero-order valence-corrected chi connectivity index (χ0v) is 19.1. The Morgan fingerprint density at radius 1 is 1.10 bits per heavy atom. The van der Waals surface area contributed by atoms with Crippen molar-refractivity contribution in [2.24, 2.45) is 5.92 Å². The third-order valence-corrected chi connectivity index (χ3v) is 5.95. The second kappa shape index (κ2) is 10.0. The lowest BCUT2D eigenvalue weighted by Gasteiger charge is -2.36. The van der Waals surface area contributed by atoms with Crippen LogP contribution in [0.5, 0.6) is 0 Å². The highest BCUT2D eigenvalue weighted by Crippen LogP contribution is 2.21. The Morgan fingerprint density at radius 2 is 1.77 bits per heavy atom. The number of ether oxygens (including phenoxy) is 1. The highest BCUT2D eigenvalue weighted by molar-refractivity contribution is 6.30. The van der Waals surface area contributed by atoms with Crippen molar-refractivity contribution in [2.75, 3.05) is 26.2 Å². The van der Waals surface area contributed by atoms with Gasteiger partial charge in [0.1, 0.15) is 5.60 Å². The lowest BCUT2D eigenvalue weighted by molar-refractivity contribution is -0.127. The number of benzene rings is 1. The second-order valence-corrected chi connectivity index (χ2v) is 9.89. The average Bonchev–Trinajstić information content (AvgIpc) is 2.70. The molecular weight excluding hydrogens is 402 g/mol. The minimum absolute atomic E-state index is 0.0689. The summed E-state index contributed by atoms with van der Waals surface area (Å²) in [6, 6.07) is 8.19. The van der Waals surface area contributed by atoms with Crippen molar-refractivity contribution in [3.63, 3.8) is 0 Å². The maximum atomic E-state index is 12.8. The molecule has 2 heterocycles. The Morgan fingerprint density at radius 3 is 2.40 bits per heavy atom. The second-order valence-electron chi connectivity index (χ2n) is 9.45. The number of halogens is 1. The zero-order chi connectivity index (χ0) is 21.7. The van der Waals surface area contributed by atoms with E-state index >= 15 is 0 Å². The van der Waals surface area contributed by atoms with Gasteiger partial charge in [-0.3, -0.25) is 9.69 Å². The molecule has 2 aliphatic rings. The number of likely N-dealkylation sites (tertiary alicyclic amines) is 2. The molecule has 0 radical (unpaired) electrons. The van der Waals surface area contributed by atoms with Crippen molar-refractivity contribution < 1.29 is 14.3 Å². The number of rotatable bonds is 4. The predicted molar refractivity (Wildman–Crippen MR) is 118 cm³/mol. The third kappa shape index (κ3) is 6.88. The van der Waals surface area contributed by atoms with E-state index in [9.17, 15) is 9.59 Å². The normalized spacial score (nSPS) is 21.3. The molecule has 0 unspecified atom stereocenters. The fraction of sp³-hybridized carbons (Fsp3) is 0.652. The van der Waals surface area contributed by atoms with Gasteiger partial charge in [-0.05, 0) is 64.2 Å². The minimum Gasteiger partial charge on any atom is -0.444 e. The molecule has 1 N–H and O–H groups in total. The van der Waals surface area contributed by atoms with E-state index in [-0.39, 0.29) is 24.0 Å². The Labute approximate surface area is 184 Å². The number of carbonyl (C=O) groups is 2. The van der Waals surface area contributed by atoms with Crippen molar-refractivity contribution in [1.82, 2.24) is 15.1 Å². The third-order valence-electron chi connectivity index (χ3n) is 5.70. The summed E-state index contributed by atoms with van der Waals surface area (Å²) in [5, 5.41) is 3.98. The van der Waals surface area contributed by atoms with Gasteiger partial charge in [0, 0.05) is 43.8 Å². The molecule has 30 heavy (non-hydrogen) atoms. The number of nitrogens with zero attached hydrogens (tertiary/aromatic N) is 2. The molecule has 2 saturated heterocycles. The first kappa shape index (κ1) is 22.9. The molecule has 0 saturated carbocycles. The molecule has 3 rings (SSSR count). The van der Waals surface area contributed by atoms with Gasteiger partial charge in [-0.1, -0.05) is 23.7 Å². The first-order valence-electron chi connectivity index (χ1n) is 10.9. The van der Waals surface area contributed by atoms with E-state index in [4.69, 9.17) is 16.3 Å². The standard InChI is InChI=1S/C23H34ClN3O3/c1-23(2,3)30-22(29)27-12-4-5-18(16-27)21(28)25-20-10-13-26(14-11-20)15-17-6-8-19(24)9-7-17/h6-9,18,20H,4-5,10-16H2,1-3H3,(H,25,28)/t18-/m0/s1. The molecule has 2 aliphatic heterocycles. The van der Waals surface area contributed by atoms with E-state index < -0.39 is 5.60 Å². The van der Waals surface area contributed by atoms with Gasteiger partial charge >= 0.3 is 6.09 Å². The summed E-state index contributed by atoms with van der Waals surface area (Å²) >= 11 is 5.96. The quantitative estimate of drug-likeness (QED) is 0.774. The van der Waals surface area contributed by atoms with Gasteiger partial charge in [-0.25, -0.2) is 4.79 Å². The van der Waals surface area contributed by atoms with Crippen LogP contribution in [-0.2, 0) is 16.1 Å². The number of nitrogens with one attached hydrogen (secondary N) is 1. The van der Waals surface area contributed by atoms with E-state index in [1.807, 2.05) is 32.9 Å². The van der Waals surface area contributed by atoms with E-state index in [2.05, 4.69) is 22.3 Å². The van der Waals surface area contributed by atoms with Crippen LogP contribution in [-0.4, -0.2) is 59.6 Å². The molecule has 6 nitrogen and oxygen atoms in total. The molecule has 0 bridgehead atoms. The fourth-order valence-corrected chi connectivity index (χ4v) is 4.21. The Balaban J connectivity index is 1.42. The van der Waals surface area contributed by atoms with Crippen LogP contribution in [0.25, 0.3) is 0 Å². The highest BCUT2D eigenvalue weighted by atomic mass is 35.5. The number of hydrogen-bond acceptors (Lipinski definition) is 4. The first-order valence-corrected chi connectivity index (χ1v) is 11.3. The lowest BCUT2D eigenvalue weighted by Crippen LogP contribution is -2.50. The van der Waals surface area contributed by atoms with Crippen LogP contribution < -0.4 is 5.32 Å². The molecule has 0 aliphatic carbocycles. The summed E-state index contributed by atoms with van der Waals surface area (Å²) in [6.07, 6.45) is 3.22. The van der Waals surface area contributed by atoms with Gasteiger partial charge < -0.3 is 15.0 Å². The van der Waals surface area contributed by atoms with Crippen molar-refractivity contribution in [1.29, 1.82) is 0 Å².